The van der Waals surface area contributed by atoms with Crippen LogP contribution in [0.3, 0.4) is 0 Å². The molecule has 0 aromatic heterocycles. The highest BCUT2D eigenvalue weighted by molar-refractivity contribution is 5.70. The van der Waals surface area contributed by atoms with Crippen molar-refractivity contribution in [2.75, 3.05) is 7.11 Å². The van der Waals surface area contributed by atoms with Crippen LogP contribution < -0.4 is 4.74 Å². The highest BCUT2D eigenvalue weighted by Gasteiger charge is 2.09. The number of rotatable bonds is 3. The largest absolute Gasteiger partial charge is 0.496 e. The summed E-state index contributed by atoms with van der Waals surface area (Å²) in [7, 11) is 1.68. The summed E-state index contributed by atoms with van der Waals surface area (Å²) in [4.78, 5) is 0. The first kappa shape index (κ1) is 10.6. The van der Waals surface area contributed by atoms with Gasteiger partial charge in [-0.3, -0.25) is 0 Å². The second-order valence-corrected chi connectivity index (χ2v) is 3.45. The van der Waals surface area contributed by atoms with Crippen molar-refractivity contribution in [1.82, 2.24) is 0 Å². The van der Waals surface area contributed by atoms with Gasteiger partial charge in [-0.05, 0) is 12.0 Å². The van der Waals surface area contributed by atoms with E-state index in [1.54, 1.807) is 7.11 Å². The number of hydrogen-bond acceptors (Lipinski definition) is 1. The lowest BCUT2D eigenvalue weighted by molar-refractivity contribution is 0.413. The molecule has 1 heteroatoms. The van der Waals surface area contributed by atoms with Crippen LogP contribution in [0.5, 0.6) is 5.75 Å². The summed E-state index contributed by atoms with van der Waals surface area (Å²) in [5, 5.41) is 0. The lowest BCUT2D eigenvalue weighted by Gasteiger charge is -2.12. The van der Waals surface area contributed by atoms with Gasteiger partial charge in [0.2, 0.25) is 0 Å². The lowest BCUT2D eigenvalue weighted by Crippen LogP contribution is -1.96. The van der Waals surface area contributed by atoms with Crippen molar-refractivity contribution < 1.29 is 4.74 Å². The SMILES string of the molecule is C=C=C(c1ccccc1OC)C(C)C. The van der Waals surface area contributed by atoms with E-state index >= 15 is 0 Å². The summed E-state index contributed by atoms with van der Waals surface area (Å²) in [6, 6.07) is 7.95. The van der Waals surface area contributed by atoms with Crippen molar-refractivity contribution in [3.8, 4) is 5.75 Å². The predicted octanol–water partition coefficient (Wildman–Crippen LogP) is 3.52. The first-order chi connectivity index (χ1) is 6.70. The van der Waals surface area contributed by atoms with E-state index < -0.39 is 0 Å². The molecule has 0 aliphatic carbocycles. The van der Waals surface area contributed by atoms with Crippen molar-refractivity contribution in [2.24, 2.45) is 5.92 Å². The zero-order valence-corrected chi connectivity index (χ0v) is 9.00. The van der Waals surface area contributed by atoms with Crippen LogP contribution in [0.2, 0.25) is 0 Å². The first-order valence-electron chi connectivity index (χ1n) is 4.74. The second-order valence-electron chi connectivity index (χ2n) is 3.45. The summed E-state index contributed by atoms with van der Waals surface area (Å²) in [5.74, 6) is 1.29. The van der Waals surface area contributed by atoms with Crippen LogP contribution in [0.4, 0.5) is 0 Å². The normalized spacial score (nSPS) is 9.71. The zero-order valence-electron chi connectivity index (χ0n) is 9.00. The van der Waals surface area contributed by atoms with Crippen LogP contribution in [0.15, 0.2) is 36.6 Å². The van der Waals surface area contributed by atoms with E-state index in [0.29, 0.717) is 5.92 Å². The Morgan fingerprint density at radius 1 is 1.36 bits per heavy atom. The van der Waals surface area contributed by atoms with E-state index in [1.165, 1.54) is 0 Å². The van der Waals surface area contributed by atoms with Crippen LogP contribution >= 0.6 is 0 Å². The minimum Gasteiger partial charge on any atom is -0.496 e. The maximum Gasteiger partial charge on any atom is 0.126 e. The van der Waals surface area contributed by atoms with E-state index in [-0.39, 0.29) is 0 Å². The molecule has 0 aliphatic heterocycles. The molecule has 14 heavy (non-hydrogen) atoms. The summed E-state index contributed by atoms with van der Waals surface area (Å²) in [6.07, 6.45) is 0. The maximum atomic E-state index is 5.29. The summed E-state index contributed by atoms with van der Waals surface area (Å²) < 4.78 is 5.29. The molecule has 1 aromatic rings. The van der Waals surface area contributed by atoms with Gasteiger partial charge in [0, 0.05) is 11.1 Å². The van der Waals surface area contributed by atoms with Gasteiger partial charge in [-0.2, -0.15) is 0 Å². The molecule has 1 nitrogen and oxygen atoms in total. The predicted molar refractivity (Wildman–Crippen MR) is 60.4 cm³/mol. The standard InChI is InChI=1S/C13H16O/c1-5-11(10(2)3)12-8-6-7-9-13(12)14-4/h6-10H,1H2,2-4H3. The Bertz CT molecular complexity index is 357. The molecule has 74 valence electrons. The maximum absolute atomic E-state index is 5.29. The van der Waals surface area contributed by atoms with Gasteiger partial charge in [-0.15, -0.1) is 5.73 Å². The fourth-order valence-electron chi connectivity index (χ4n) is 1.48. The van der Waals surface area contributed by atoms with Gasteiger partial charge < -0.3 is 4.74 Å². The molecule has 1 rings (SSSR count). The topological polar surface area (TPSA) is 9.23 Å². The van der Waals surface area contributed by atoms with Crippen molar-refractivity contribution >= 4 is 5.57 Å². The molecular formula is C13H16O. The molecule has 0 fully saturated rings. The second kappa shape index (κ2) is 4.69. The molecular weight excluding hydrogens is 172 g/mol. The molecule has 0 amide bonds. The average molecular weight is 188 g/mol. The molecule has 1 aromatic carbocycles. The number of allylic oxidation sites excluding steroid dienone is 1. The Morgan fingerprint density at radius 3 is 2.50 bits per heavy atom. The monoisotopic (exact) mass is 188 g/mol. The minimum absolute atomic E-state index is 0.406. The number of hydrogen-bond donors (Lipinski definition) is 0. The molecule has 0 atom stereocenters. The third-order valence-corrected chi connectivity index (χ3v) is 2.16. The number of ether oxygens (including phenoxy) is 1. The number of benzene rings is 1. The van der Waals surface area contributed by atoms with Crippen molar-refractivity contribution in [2.45, 2.75) is 13.8 Å². The van der Waals surface area contributed by atoms with Gasteiger partial charge in [0.1, 0.15) is 5.75 Å². The Kier molecular flexibility index (Phi) is 3.55. The fourth-order valence-corrected chi connectivity index (χ4v) is 1.48. The Labute approximate surface area is 85.7 Å². The fraction of sp³-hybridized carbons (Fsp3) is 0.308. The van der Waals surface area contributed by atoms with Gasteiger partial charge >= 0.3 is 0 Å². The molecule has 0 radical (unpaired) electrons. The number of methoxy groups -OCH3 is 1. The van der Waals surface area contributed by atoms with Crippen molar-refractivity contribution in [3.05, 3.63) is 42.1 Å². The molecule has 0 unspecified atom stereocenters. The van der Waals surface area contributed by atoms with Crippen LogP contribution in [0.1, 0.15) is 19.4 Å². The molecule has 0 heterocycles. The average Bonchev–Trinajstić information content (AvgIpc) is 2.19. The Morgan fingerprint density at radius 2 is 2.00 bits per heavy atom. The van der Waals surface area contributed by atoms with E-state index in [2.05, 4.69) is 26.2 Å². The summed E-state index contributed by atoms with van der Waals surface area (Å²) in [6.45, 7) is 7.97. The van der Waals surface area contributed by atoms with Crippen LogP contribution in [-0.4, -0.2) is 7.11 Å². The smallest absolute Gasteiger partial charge is 0.126 e. The van der Waals surface area contributed by atoms with E-state index in [1.807, 2.05) is 24.3 Å². The third kappa shape index (κ3) is 2.07. The van der Waals surface area contributed by atoms with Gasteiger partial charge in [0.25, 0.3) is 0 Å². The molecule has 0 saturated heterocycles. The van der Waals surface area contributed by atoms with Gasteiger partial charge in [0.15, 0.2) is 0 Å². The quantitative estimate of drug-likeness (QED) is 0.659. The van der Waals surface area contributed by atoms with Crippen LogP contribution in [0, 0.1) is 5.92 Å². The highest BCUT2D eigenvalue weighted by atomic mass is 16.5. The van der Waals surface area contributed by atoms with Crippen molar-refractivity contribution in [3.63, 3.8) is 0 Å². The van der Waals surface area contributed by atoms with Gasteiger partial charge in [-0.1, -0.05) is 38.6 Å². The molecule has 0 bridgehead atoms. The Hall–Kier alpha value is -1.46. The molecule has 0 aliphatic rings. The van der Waals surface area contributed by atoms with E-state index in [4.69, 9.17) is 4.74 Å². The highest BCUT2D eigenvalue weighted by Crippen LogP contribution is 2.29. The summed E-state index contributed by atoms with van der Waals surface area (Å²) in [5.41, 5.74) is 5.16. The minimum atomic E-state index is 0.406. The Balaban J connectivity index is 3.23. The first-order valence-corrected chi connectivity index (χ1v) is 4.74. The summed E-state index contributed by atoms with van der Waals surface area (Å²) >= 11 is 0. The molecule has 0 saturated carbocycles. The zero-order chi connectivity index (χ0) is 10.6. The van der Waals surface area contributed by atoms with Gasteiger partial charge in [0.05, 0.1) is 7.11 Å². The van der Waals surface area contributed by atoms with Crippen LogP contribution in [-0.2, 0) is 0 Å². The van der Waals surface area contributed by atoms with Crippen molar-refractivity contribution in [1.29, 1.82) is 0 Å². The lowest BCUT2D eigenvalue weighted by atomic mass is 9.95. The van der Waals surface area contributed by atoms with E-state index in [9.17, 15) is 0 Å². The van der Waals surface area contributed by atoms with E-state index in [0.717, 1.165) is 16.9 Å². The number of para-hydroxylation sites is 1. The molecule has 0 spiro atoms. The third-order valence-electron chi connectivity index (χ3n) is 2.16. The van der Waals surface area contributed by atoms with Crippen LogP contribution in [0.25, 0.3) is 5.57 Å². The molecule has 0 N–H and O–H groups in total. The van der Waals surface area contributed by atoms with Gasteiger partial charge in [-0.25, -0.2) is 0 Å².